The Kier molecular flexibility index (Phi) is 3.60. The van der Waals surface area contributed by atoms with Gasteiger partial charge in [-0.3, -0.25) is 0 Å². The molecule has 0 bridgehead atoms. The van der Waals surface area contributed by atoms with Crippen LogP contribution in [0.4, 0.5) is 5.69 Å². The van der Waals surface area contributed by atoms with E-state index in [0.717, 1.165) is 28.1 Å². The molecule has 1 heterocycles. The van der Waals surface area contributed by atoms with Gasteiger partial charge in [0.1, 0.15) is 5.82 Å². The highest BCUT2D eigenvalue weighted by Crippen LogP contribution is 2.27. The Morgan fingerprint density at radius 2 is 1.91 bits per heavy atom. The van der Waals surface area contributed by atoms with E-state index in [4.69, 9.17) is 17.1 Å². The topological polar surface area (TPSA) is 43.8 Å². The van der Waals surface area contributed by atoms with Gasteiger partial charge in [0.15, 0.2) is 0 Å². The number of terminal acetylenes is 1. The third-order valence-electron chi connectivity index (χ3n) is 3.86. The minimum atomic E-state index is 0.474. The van der Waals surface area contributed by atoms with E-state index in [1.807, 2.05) is 24.3 Å². The number of fused-ring (bicyclic) bond motifs is 1. The molecule has 2 N–H and O–H groups in total. The number of nitrogen functional groups attached to an aromatic ring is 1. The lowest BCUT2D eigenvalue weighted by atomic mass is 10.0. The number of hydrogen-bond donors (Lipinski definition) is 1. The predicted molar refractivity (Wildman–Crippen MR) is 92.5 cm³/mol. The summed E-state index contributed by atoms with van der Waals surface area (Å²) in [6.45, 7) is 4.86. The molecular weight excluding hydrogens is 270 g/mol. The molecule has 0 aliphatic heterocycles. The van der Waals surface area contributed by atoms with Crippen molar-refractivity contribution in [2.75, 3.05) is 5.73 Å². The highest BCUT2D eigenvalue weighted by atomic mass is 15.1. The van der Waals surface area contributed by atoms with Gasteiger partial charge >= 0.3 is 0 Å². The normalized spacial score (nSPS) is 11.0. The van der Waals surface area contributed by atoms with Crippen LogP contribution in [0.1, 0.15) is 25.3 Å². The Hall–Kier alpha value is -2.73. The Morgan fingerprint density at radius 1 is 1.18 bits per heavy atom. The number of anilines is 1. The smallest absolute Gasteiger partial charge is 0.141 e. The summed E-state index contributed by atoms with van der Waals surface area (Å²) in [7, 11) is 0. The van der Waals surface area contributed by atoms with E-state index in [9.17, 15) is 0 Å². The van der Waals surface area contributed by atoms with E-state index in [-0.39, 0.29) is 0 Å². The highest BCUT2D eigenvalue weighted by molar-refractivity contribution is 5.81. The van der Waals surface area contributed by atoms with Crippen LogP contribution < -0.4 is 5.73 Å². The standard InChI is InChI=1S/C19H19N3/c1-4-11-22-18-10-7-15(13(2)3)12-17(18)21-19(22)14-5-8-16(20)9-6-14/h1,5-10,12-13H,11,20H2,2-3H3. The maximum Gasteiger partial charge on any atom is 0.141 e. The van der Waals surface area contributed by atoms with Crippen LogP contribution in [0.15, 0.2) is 42.5 Å². The summed E-state index contributed by atoms with van der Waals surface area (Å²) in [6.07, 6.45) is 5.54. The van der Waals surface area contributed by atoms with Gasteiger partial charge in [0, 0.05) is 11.3 Å². The SMILES string of the molecule is C#CCn1c(-c2ccc(N)cc2)nc2cc(C(C)C)ccc21. The fourth-order valence-corrected chi connectivity index (χ4v) is 2.61. The molecule has 0 aliphatic carbocycles. The van der Waals surface area contributed by atoms with Gasteiger partial charge in [0.05, 0.1) is 17.6 Å². The van der Waals surface area contributed by atoms with Gasteiger partial charge in [0.2, 0.25) is 0 Å². The first-order valence-electron chi connectivity index (χ1n) is 7.39. The van der Waals surface area contributed by atoms with Gasteiger partial charge in [-0.1, -0.05) is 25.8 Å². The third-order valence-corrected chi connectivity index (χ3v) is 3.86. The quantitative estimate of drug-likeness (QED) is 0.584. The first-order chi connectivity index (χ1) is 10.6. The summed E-state index contributed by atoms with van der Waals surface area (Å²) < 4.78 is 2.07. The molecule has 0 saturated carbocycles. The van der Waals surface area contributed by atoms with Gasteiger partial charge in [0.25, 0.3) is 0 Å². The van der Waals surface area contributed by atoms with Crippen molar-refractivity contribution in [3.05, 3.63) is 48.0 Å². The summed E-state index contributed by atoms with van der Waals surface area (Å²) in [4.78, 5) is 4.80. The molecule has 0 fully saturated rings. The third kappa shape index (κ3) is 2.44. The molecule has 3 aromatic rings. The van der Waals surface area contributed by atoms with Gasteiger partial charge < -0.3 is 10.3 Å². The second kappa shape index (κ2) is 5.57. The minimum Gasteiger partial charge on any atom is -0.399 e. The Bertz CT molecular complexity index is 849. The fraction of sp³-hybridized carbons (Fsp3) is 0.211. The molecule has 0 aliphatic rings. The van der Waals surface area contributed by atoms with Gasteiger partial charge in [-0.05, 0) is 47.9 Å². The summed E-state index contributed by atoms with van der Waals surface area (Å²) in [6, 6.07) is 14.1. The van der Waals surface area contributed by atoms with Crippen LogP contribution in [0.5, 0.6) is 0 Å². The summed E-state index contributed by atoms with van der Waals surface area (Å²) in [5.41, 5.74) is 10.9. The number of rotatable bonds is 3. The average Bonchev–Trinajstić information content (AvgIpc) is 2.86. The molecule has 0 saturated heterocycles. The fourth-order valence-electron chi connectivity index (χ4n) is 2.61. The Morgan fingerprint density at radius 3 is 2.55 bits per heavy atom. The van der Waals surface area contributed by atoms with Crippen molar-refractivity contribution in [2.45, 2.75) is 26.3 Å². The number of nitrogens with zero attached hydrogens (tertiary/aromatic N) is 2. The molecule has 0 unspecified atom stereocenters. The molecule has 3 heteroatoms. The number of benzene rings is 2. The Labute approximate surface area is 130 Å². The lowest BCUT2D eigenvalue weighted by Crippen LogP contribution is -1.99. The maximum atomic E-state index is 5.77. The molecule has 0 atom stereocenters. The monoisotopic (exact) mass is 289 g/mol. The van der Waals surface area contributed by atoms with Crippen LogP contribution in [0.3, 0.4) is 0 Å². The highest BCUT2D eigenvalue weighted by Gasteiger charge is 2.13. The van der Waals surface area contributed by atoms with Gasteiger partial charge in [-0.2, -0.15) is 0 Å². The molecule has 3 rings (SSSR count). The Balaban J connectivity index is 2.22. The molecule has 0 amide bonds. The van der Waals surface area contributed by atoms with E-state index in [2.05, 4.69) is 42.5 Å². The minimum absolute atomic E-state index is 0.474. The first-order valence-corrected chi connectivity index (χ1v) is 7.39. The van der Waals surface area contributed by atoms with Crippen molar-refractivity contribution in [2.24, 2.45) is 0 Å². The van der Waals surface area contributed by atoms with E-state index in [0.29, 0.717) is 12.5 Å². The first kappa shape index (κ1) is 14.2. The lowest BCUT2D eigenvalue weighted by molar-refractivity contribution is 0.866. The molecule has 22 heavy (non-hydrogen) atoms. The van der Waals surface area contributed by atoms with Crippen molar-refractivity contribution in [1.82, 2.24) is 9.55 Å². The summed E-state index contributed by atoms with van der Waals surface area (Å²) in [5, 5.41) is 0. The van der Waals surface area contributed by atoms with Crippen molar-refractivity contribution in [3.63, 3.8) is 0 Å². The van der Waals surface area contributed by atoms with E-state index in [1.165, 1.54) is 5.56 Å². The second-order valence-corrected chi connectivity index (χ2v) is 5.75. The van der Waals surface area contributed by atoms with Crippen molar-refractivity contribution in [3.8, 4) is 23.7 Å². The number of imidazole rings is 1. The largest absolute Gasteiger partial charge is 0.399 e. The molecular formula is C19H19N3. The van der Waals surface area contributed by atoms with Gasteiger partial charge in [-0.25, -0.2) is 4.98 Å². The summed E-state index contributed by atoms with van der Waals surface area (Å²) >= 11 is 0. The van der Waals surface area contributed by atoms with Crippen molar-refractivity contribution < 1.29 is 0 Å². The molecule has 110 valence electrons. The molecule has 0 spiro atoms. The number of nitrogens with two attached hydrogens (primary N) is 1. The molecule has 2 aromatic carbocycles. The summed E-state index contributed by atoms with van der Waals surface area (Å²) in [5.74, 6) is 4.08. The van der Waals surface area contributed by atoms with Crippen LogP contribution in [-0.2, 0) is 6.54 Å². The molecule has 0 radical (unpaired) electrons. The predicted octanol–water partition coefficient (Wildman–Crippen LogP) is 4.04. The van der Waals surface area contributed by atoms with E-state index >= 15 is 0 Å². The van der Waals surface area contributed by atoms with Gasteiger partial charge in [-0.15, -0.1) is 6.42 Å². The molecule has 3 nitrogen and oxygen atoms in total. The zero-order chi connectivity index (χ0) is 15.7. The zero-order valence-electron chi connectivity index (χ0n) is 12.9. The van der Waals surface area contributed by atoms with E-state index < -0.39 is 0 Å². The van der Waals surface area contributed by atoms with Crippen LogP contribution in [0.25, 0.3) is 22.4 Å². The number of aromatic nitrogens is 2. The van der Waals surface area contributed by atoms with Crippen LogP contribution in [0.2, 0.25) is 0 Å². The van der Waals surface area contributed by atoms with Crippen LogP contribution in [0, 0.1) is 12.3 Å². The van der Waals surface area contributed by atoms with Crippen molar-refractivity contribution >= 4 is 16.7 Å². The average molecular weight is 289 g/mol. The lowest BCUT2D eigenvalue weighted by Gasteiger charge is -2.07. The van der Waals surface area contributed by atoms with Crippen molar-refractivity contribution in [1.29, 1.82) is 0 Å². The maximum absolute atomic E-state index is 5.77. The second-order valence-electron chi connectivity index (χ2n) is 5.75. The van der Waals surface area contributed by atoms with E-state index in [1.54, 1.807) is 0 Å². The zero-order valence-corrected chi connectivity index (χ0v) is 12.9. The van der Waals surface area contributed by atoms with Crippen LogP contribution >= 0.6 is 0 Å². The molecule has 1 aromatic heterocycles. The number of hydrogen-bond acceptors (Lipinski definition) is 2. The van der Waals surface area contributed by atoms with Crippen LogP contribution in [-0.4, -0.2) is 9.55 Å².